The van der Waals surface area contributed by atoms with Gasteiger partial charge in [0.2, 0.25) is 0 Å². The average molecular weight is 863 g/mol. The Labute approximate surface area is 377 Å². The van der Waals surface area contributed by atoms with E-state index in [0.717, 1.165) is 37.5 Å². The van der Waals surface area contributed by atoms with Crippen molar-refractivity contribution in [3.63, 3.8) is 0 Å². The Kier molecular flexibility index (Phi) is 32.3. The molecule has 2 atom stereocenters. The van der Waals surface area contributed by atoms with Gasteiger partial charge in [0.05, 0.1) is 24.3 Å². The van der Waals surface area contributed by atoms with Crippen molar-refractivity contribution in [2.24, 2.45) is 11.8 Å². The third kappa shape index (κ3) is 28.1. The summed E-state index contributed by atoms with van der Waals surface area (Å²) < 4.78 is 21.1. The summed E-state index contributed by atoms with van der Waals surface area (Å²) in [6.45, 7) is 8.16. The Morgan fingerprint density at radius 2 is 0.629 bits per heavy atom. The maximum Gasteiger partial charge on any atom is 0.338 e. The number of hydrogen-bond donors (Lipinski definition) is 0. The van der Waals surface area contributed by atoms with E-state index >= 15 is 0 Å². The summed E-state index contributed by atoms with van der Waals surface area (Å²) in [5, 5.41) is 0. The molecule has 0 aliphatic rings. The zero-order valence-electron chi connectivity index (χ0n) is 39.7. The first-order chi connectivity index (χ1) is 30.2. The topological polar surface area (TPSA) is 105 Å². The van der Waals surface area contributed by atoms with E-state index in [1.54, 1.807) is 48.5 Å². The third-order valence-corrected chi connectivity index (χ3v) is 12.1. The van der Waals surface area contributed by atoms with Crippen molar-refractivity contribution in [2.45, 2.75) is 220 Å². The summed E-state index contributed by atoms with van der Waals surface area (Å²) in [4.78, 5) is 47.2. The van der Waals surface area contributed by atoms with Gasteiger partial charge in [0.1, 0.15) is 11.5 Å². The lowest BCUT2D eigenvalue weighted by Crippen LogP contribution is -2.16. The van der Waals surface area contributed by atoms with Crippen LogP contribution in [0.5, 0.6) is 11.5 Å². The number of ether oxygens (including phenoxy) is 4. The summed E-state index contributed by atoms with van der Waals surface area (Å²) in [6.07, 6.45) is 38.6. The number of carbonyl (C=O) groups is 4. The molecule has 8 nitrogen and oxygen atoms in total. The smallest absolute Gasteiger partial charge is 0.338 e. The van der Waals surface area contributed by atoms with Crippen molar-refractivity contribution >= 4 is 23.9 Å². The molecular formula is C54H86O8. The Morgan fingerprint density at radius 1 is 0.371 bits per heavy atom. The van der Waals surface area contributed by atoms with Crippen LogP contribution in [0.4, 0.5) is 0 Å². The van der Waals surface area contributed by atoms with Crippen LogP contribution in [0.3, 0.4) is 0 Å². The number of carbonyl (C=O) groups excluding carboxylic acids is 4. The predicted octanol–water partition coefficient (Wildman–Crippen LogP) is 15.5. The molecule has 0 aromatic heterocycles. The molecular weight excluding hydrogens is 777 g/mol. The molecule has 0 amide bonds. The predicted molar refractivity (Wildman–Crippen MR) is 253 cm³/mol. The molecule has 0 fully saturated rings. The molecule has 62 heavy (non-hydrogen) atoms. The maximum atomic E-state index is 12.4. The second-order valence-corrected chi connectivity index (χ2v) is 17.7. The van der Waals surface area contributed by atoms with Crippen molar-refractivity contribution in [3.05, 3.63) is 59.7 Å². The van der Waals surface area contributed by atoms with Crippen LogP contribution in [0.25, 0.3) is 0 Å². The number of rotatable bonds is 39. The van der Waals surface area contributed by atoms with Crippen LogP contribution < -0.4 is 9.47 Å². The molecule has 2 aromatic carbocycles. The highest BCUT2D eigenvalue weighted by molar-refractivity contribution is 5.90. The highest BCUT2D eigenvalue weighted by atomic mass is 16.5. The highest BCUT2D eigenvalue weighted by Crippen LogP contribution is 2.34. The van der Waals surface area contributed by atoms with E-state index in [4.69, 9.17) is 18.9 Å². The van der Waals surface area contributed by atoms with Crippen molar-refractivity contribution in [3.8, 4) is 11.5 Å². The van der Waals surface area contributed by atoms with E-state index < -0.39 is 0 Å². The highest BCUT2D eigenvalue weighted by Gasteiger charge is 2.21. The Morgan fingerprint density at radius 3 is 0.903 bits per heavy atom. The van der Waals surface area contributed by atoms with E-state index in [1.807, 2.05) is 0 Å². The van der Waals surface area contributed by atoms with E-state index in [-0.39, 0.29) is 23.9 Å². The second kappa shape index (κ2) is 36.8. The van der Waals surface area contributed by atoms with Gasteiger partial charge >= 0.3 is 23.9 Å². The van der Waals surface area contributed by atoms with Gasteiger partial charge < -0.3 is 18.9 Å². The molecule has 2 unspecified atom stereocenters. The monoisotopic (exact) mass is 863 g/mol. The van der Waals surface area contributed by atoms with E-state index in [9.17, 15) is 19.2 Å². The summed E-state index contributed by atoms with van der Waals surface area (Å²) in [5.41, 5.74) is 0.934. The molecule has 0 saturated carbocycles. The number of unbranched alkanes of at least 4 members (excludes halogenated alkanes) is 22. The summed E-state index contributed by atoms with van der Waals surface area (Å²) in [6, 6.07) is 13.0. The summed E-state index contributed by atoms with van der Waals surface area (Å²) in [7, 11) is 0. The first-order valence-corrected chi connectivity index (χ1v) is 25.1. The van der Waals surface area contributed by atoms with Gasteiger partial charge in [-0.2, -0.15) is 0 Å². The van der Waals surface area contributed by atoms with Crippen molar-refractivity contribution in [2.75, 3.05) is 13.2 Å². The molecule has 0 spiro atoms. The maximum absolute atomic E-state index is 12.4. The van der Waals surface area contributed by atoms with Gasteiger partial charge in [0, 0.05) is 13.8 Å². The van der Waals surface area contributed by atoms with E-state index in [0.29, 0.717) is 35.8 Å². The zero-order valence-corrected chi connectivity index (χ0v) is 39.7. The molecule has 0 radical (unpaired) electrons. The molecule has 2 rings (SSSR count). The minimum atomic E-state index is -0.386. The lowest BCUT2D eigenvalue weighted by Gasteiger charge is -2.28. The first-order valence-electron chi connectivity index (χ1n) is 25.1. The molecule has 8 heteroatoms. The standard InChI is InChI=1S/C54H86O8/c1-5-7-9-11-13-19-25-31-47(33-27-21-15-17-23-29-43-59-53(57)49-35-39-51(40-36-49)61-45(3)55)48(32-26-20-14-12-10-8-6-2)34-28-22-16-18-24-30-44-60-54(58)50-37-41-52(42-38-50)62-46(4)56/h35-42,47-48H,5-34,43-44H2,1-4H3. The largest absolute Gasteiger partial charge is 0.462 e. The van der Waals surface area contributed by atoms with Crippen LogP contribution in [0, 0.1) is 11.8 Å². The Balaban J connectivity index is 1.78. The molecule has 2 aromatic rings. The summed E-state index contributed by atoms with van der Waals surface area (Å²) >= 11 is 0. The molecule has 350 valence electrons. The number of benzene rings is 2. The minimum absolute atomic E-state index is 0.336. The number of esters is 4. The first kappa shape index (κ1) is 54.5. The van der Waals surface area contributed by atoms with Gasteiger partial charge in [0.15, 0.2) is 0 Å². The van der Waals surface area contributed by atoms with Gasteiger partial charge in [0.25, 0.3) is 0 Å². The normalized spacial score (nSPS) is 12.1. The van der Waals surface area contributed by atoms with Crippen LogP contribution >= 0.6 is 0 Å². The van der Waals surface area contributed by atoms with E-state index in [1.165, 1.54) is 181 Å². The van der Waals surface area contributed by atoms with Crippen LogP contribution in [0.15, 0.2) is 48.5 Å². The van der Waals surface area contributed by atoms with Crippen LogP contribution in [-0.4, -0.2) is 37.1 Å². The van der Waals surface area contributed by atoms with Crippen LogP contribution in [0.2, 0.25) is 0 Å². The fraction of sp³-hybridized carbons (Fsp3) is 0.704. The Bertz CT molecular complexity index is 1330. The van der Waals surface area contributed by atoms with Crippen LogP contribution in [-0.2, 0) is 19.1 Å². The molecule has 0 aliphatic carbocycles. The average Bonchev–Trinajstić information content (AvgIpc) is 3.25. The van der Waals surface area contributed by atoms with Gasteiger partial charge in [-0.05, 0) is 73.2 Å². The third-order valence-electron chi connectivity index (χ3n) is 12.1. The molecule has 0 aliphatic heterocycles. The van der Waals surface area contributed by atoms with Gasteiger partial charge in [-0.25, -0.2) is 9.59 Å². The van der Waals surface area contributed by atoms with Crippen molar-refractivity contribution in [1.82, 2.24) is 0 Å². The lowest BCUT2D eigenvalue weighted by atomic mass is 9.78. The molecule has 0 N–H and O–H groups in total. The zero-order chi connectivity index (χ0) is 44.9. The fourth-order valence-electron chi connectivity index (χ4n) is 8.54. The van der Waals surface area contributed by atoms with Gasteiger partial charge in [-0.1, -0.05) is 194 Å². The summed E-state index contributed by atoms with van der Waals surface area (Å²) in [5.74, 6) is 1.07. The fourth-order valence-corrected chi connectivity index (χ4v) is 8.54. The quantitative estimate of drug-likeness (QED) is 0.0372. The number of hydrogen-bond acceptors (Lipinski definition) is 8. The van der Waals surface area contributed by atoms with E-state index in [2.05, 4.69) is 13.8 Å². The lowest BCUT2D eigenvalue weighted by molar-refractivity contribution is -0.132. The molecule has 0 saturated heterocycles. The van der Waals surface area contributed by atoms with Crippen molar-refractivity contribution < 1.29 is 38.1 Å². The molecule has 0 bridgehead atoms. The van der Waals surface area contributed by atoms with Crippen LogP contribution in [0.1, 0.15) is 241 Å². The molecule has 0 heterocycles. The minimum Gasteiger partial charge on any atom is -0.462 e. The second-order valence-electron chi connectivity index (χ2n) is 17.7. The Hall–Kier alpha value is -3.68. The van der Waals surface area contributed by atoms with Gasteiger partial charge in [-0.15, -0.1) is 0 Å². The van der Waals surface area contributed by atoms with Crippen molar-refractivity contribution in [1.29, 1.82) is 0 Å². The van der Waals surface area contributed by atoms with Gasteiger partial charge in [-0.3, -0.25) is 9.59 Å². The SMILES string of the molecule is CCCCCCCCCC(CCCCCCCCOC(=O)c1ccc(OC(C)=O)cc1)C(CCCCCCCCC)CCCCCCCCOC(=O)c1ccc(OC(C)=O)cc1.